The predicted octanol–water partition coefficient (Wildman–Crippen LogP) is 3.54. The number of hydrogen-bond acceptors (Lipinski definition) is 6. The summed E-state index contributed by atoms with van der Waals surface area (Å²) in [7, 11) is 0. The Balaban J connectivity index is 1.47. The van der Waals surface area contributed by atoms with Crippen molar-refractivity contribution in [2.45, 2.75) is 39.2 Å². The summed E-state index contributed by atoms with van der Waals surface area (Å²) in [4.78, 5) is 26.1. The molecule has 1 fully saturated rings. The second kappa shape index (κ2) is 8.61. The van der Waals surface area contributed by atoms with Gasteiger partial charge in [-0.15, -0.1) is 0 Å². The third-order valence-corrected chi connectivity index (χ3v) is 5.34. The molecule has 2 N–H and O–H groups in total. The minimum atomic E-state index is -0.142. The largest absolute Gasteiger partial charge is 0.465 e. The number of aryl methyl sites for hydroxylation is 2. The Bertz CT molecular complexity index is 1000. The number of aromatic amines is 1. The zero-order chi connectivity index (χ0) is 20.2. The fourth-order valence-electron chi connectivity index (χ4n) is 3.76. The third-order valence-electron chi connectivity index (χ3n) is 5.34. The van der Waals surface area contributed by atoms with Gasteiger partial charge in [0.05, 0.1) is 6.04 Å². The number of nitrogens with one attached hydrogen (secondary N) is 2. The van der Waals surface area contributed by atoms with E-state index in [1.54, 1.807) is 6.20 Å². The molecule has 0 aromatic carbocycles. The third kappa shape index (κ3) is 4.56. The fourth-order valence-corrected chi connectivity index (χ4v) is 3.76. The van der Waals surface area contributed by atoms with Crippen LogP contribution in [0, 0.1) is 6.92 Å². The molecule has 29 heavy (non-hydrogen) atoms. The molecule has 1 aliphatic rings. The molecule has 3 aromatic rings. The summed E-state index contributed by atoms with van der Waals surface area (Å²) in [6.45, 7) is 6.86. The zero-order valence-electron chi connectivity index (χ0n) is 16.9. The van der Waals surface area contributed by atoms with Crippen LogP contribution in [0.1, 0.15) is 43.0 Å². The standard InChI is InChI=1S/C22H27N5O2/c1-3-17-12-21(28)26-22(25-17)16-7-9-20(23-13-16)24-14-18(27-10-4-5-11-27)19-8-6-15(2)29-19/h6-9,12-13,18H,3-5,10-11,14H2,1-2H3,(H,23,24)(H,25,26,28)/t18-/m1/s1. The van der Waals surface area contributed by atoms with E-state index in [1.165, 1.54) is 18.9 Å². The summed E-state index contributed by atoms with van der Waals surface area (Å²) in [5.74, 6) is 3.26. The van der Waals surface area contributed by atoms with E-state index in [9.17, 15) is 4.79 Å². The lowest BCUT2D eigenvalue weighted by Crippen LogP contribution is -2.30. The average molecular weight is 393 g/mol. The number of aromatic nitrogens is 3. The normalized spacial score (nSPS) is 15.5. The minimum Gasteiger partial charge on any atom is -0.465 e. The fraction of sp³-hybridized carbons (Fsp3) is 0.409. The molecule has 7 heteroatoms. The Morgan fingerprint density at radius 2 is 2.07 bits per heavy atom. The molecular weight excluding hydrogens is 366 g/mol. The summed E-state index contributed by atoms with van der Waals surface area (Å²) in [5.41, 5.74) is 1.42. The monoisotopic (exact) mass is 393 g/mol. The minimum absolute atomic E-state index is 0.142. The Hall–Kier alpha value is -2.93. The van der Waals surface area contributed by atoms with E-state index in [-0.39, 0.29) is 11.6 Å². The summed E-state index contributed by atoms with van der Waals surface area (Å²) in [6, 6.07) is 9.65. The van der Waals surface area contributed by atoms with E-state index in [0.717, 1.165) is 48.2 Å². The van der Waals surface area contributed by atoms with Crippen molar-refractivity contribution >= 4 is 5.82 Å². The van der Waals surface area contributed by atoms with Crippen molar-refractivity contribution in [1.29, 1.82) is 0 Å². The Morgan fingerprint density at radius 3 is 2.72 bits per heavy atom. The van der Waals surface area contributed by atoms with E-state index in [4.69, 9.17) is 4.42 Å². The lowest BCUT2D eigenvalue weighted by Gasteiger charge is -2.26. The Kier molecular flexibility index (Phi) is 5.76. The maximum atomic E-state index is 11.8. The van der Waals surface area contributed by atoms with Crippen LogP contribution >= 0.6 is 0 Å². The van der Waals surface area contributed by atoms with Crippen LogP contribution in [0.15, 0.2) is 45.7 Å². The van der Waals surface area contributed by atoms with Crippen molar-refractivity contribution in [3.8, 4) is 11.4 Å². The number of anilines is 1. The first-order valence-electron chi connectivity index (χ1n) is 10.2. The number of likely N-dealkylation sites (tertiary alicyclic amines) is 1. The SMILES string of the molecule is CCc1cc(=O)[nH]c(-c2ccc(NC[C@H](c3ccc(C)o3)N3CCCC3)nc2)n1. The summed E-state index contributed by atoms with van der Waals surface area (Å²) in [6.07, 6.45) is 4.91. The second-order valence-corrected chi connectivity index (χ2v) is 7.46. The molecule has 0 unspecified atom stereocenters. The highest BCUT2D eigenvalue weighted by molar-refractivity contribution is 5.55. The van der Waals surface area contributed by atoms with Gasteiger partial charge in [-0.2, -0.15) is 0 Å². The highest BCUT2D eigenvalue weighted by Crippen LogP contribution is 2.27. The van der Waals surface area contributed by atoms with E-state index >= 15 is 0 Å². The van der Waals surface area contributed by atoms with E-state index in [2.05, 4.69) is 31.2 Å². The molecule has 0 radical (unpaired) electrons. The number of H-pyrrole nitrogens is 1. The van der Waals surface area contributed by atoms with Gasteiger partial charge in [0.25, 0.3) is 5.56 Å². The quantitative estimate of drug-likeness (QED) is 0.638. The van der Waals surface area contributed by atoms with Crippen molar-refractivity contribution < 1.29 is 4.42 Å². The van der Waals surface area contributed by atoms with Gasteiger partial charge in [-0.05, 0) is 63.5 Å². The molecule has 0 spiro atoms. The van der Waals surface area contributed by atoms with E-state index in [0.29, 0.717) is 12.2 Å². The van der Waals surface area contributed by atoms with Gasteiger partial charge in [0, 0.05) is 30.1 Å². The van der Waals surface area contributed by atoms with Crippen LogP contribution in [0.4, 0.5) is 5.82 Å². The highest BCUT2D eigenvalue weighted by Gasteiger charge is 2.25. The van der Waals surface area contributed by atoms with Crippen molar-refractivity contribution in [3.05, 3.63) is 64.1 Å². The van der Waals surface area contributed by atoms with Crippen molar-refractivity contribution in [2.75, 3.05) is 25.0 Å². The van der Waals surface area contributed by atoms with Crippen LogP contribution in [0.5, 0.6) is 0 Å². The molecule has 4 rings (SSSR count). The van der Waals surface area contributed by atoms with Gasteiger partial charge < -0.3 is 14.7 Å². The van der Waals surface area contributed by atoms with Crippen LogP contribution in [0.25, 0.3) is 11.4 Å². The molecule has 1 saturated heterocycles. The van der Waals surface area contributed by atoms with Crippen LogP contribution in [-0.4, -0.2) is 39.5 Å². The number of nitrogens with zero attached hydrogens (tertiary/aromatic N) is 3. The molecule has 1 atom stereocenters. The van der Waals surface area contributed by atoms with E-state index < -0.39 is 0 Å². The van der Waals surface area contributed by atoms with Crippen molar-refractivity contribution in [1.82, 2.24) is 19.9 Å². The Morgan fingerprint density at radius 1 is 1.24 bits per heavy atom. The molecule has 152 valence electrons. The molecule has 0 amide bonds. The molecule has 7 nitrogen and oxygen atoms in total. The summed E-state index contributed by atoms with van der Waals surface area (Å²) < 4.78 is 5.91. The van der Waals surface area contributed by atoms with Crippen LogP contribution in [0.3, 0.4) is 0 Å². The maximum absolute atomic E-state index is 11.8. The molecule has 0 bridgehead atoms. The molecule has 0 aliphatic carbocycles. The van der Waals surface area contributed by atoms with Crippen LogP contribution < -0.4 is 10.9 Å². The van der Waals surface area contributed by atoms with Crippen molar-refractivity contribution in [3.63, 3.8) is 0 Å². The average Bonchev–Trinajstić information content (AvgIpc) is 3.41. The first kappa shape index (κ1) is 19.4. The van der Waals surface area contributed by atoms with Gasteiger partial charge in [0.15, 0.2) is 0 Å². The molecule has 0 saturated carbocycles. The van der Waals surface area contributed by atoms with Gasteiger partial charge in [0.1, 0.15) is 23.2 Å². The van der Waals surface area contributed by atoms with Crippen LogP contribution in [-0.2, 0) is 6.42 Å². The first-order chi connectivity index (χ1) is 14.1. The predicted molar refractivity (Wildman–Crippen MR) is 113 cm³/mol. The highest BCUT2D eigenvalue weighted by atomic mass is 16.3. The second-order valence-electron chi connectivity index (χ2n) is 7.46. The van der Waals surface area contributed by atoms with Gasteiger partial charge in [0.2, 0.25) is 0 Å². The van der Waals surface area contributed by atoms with E-state index in [1.807, 2.05) is 32.0 Å². The number of pyridine rings is 1. The lowest BCUT2D eigenvalue weighted by molar-refractivity contribution is 0.223. The molecule has 4 heterocycles. The first-order valence-corrected chi connectivity index (χ1v) is 10.2. The van der Waals surface area contributed by atoms with Gasteiger partial charge in [-0.25, -0.2) is 9.97 Å². The van der Waals surface area contributed by atoms with Crippen LogP contribution in [0.2, 0.25) is 0 Å². The molecule has 1 aliphatic heterocycles. The number of rotatable bonds is 7. The lowest BCUT2D eigenvalue weighted by atomic mass is 10.2. The summed E-state index contributed by atoms with van der Waals surface area (Å²) in [5, 5.41) is 3.44. The van der Waals surface area contributed by atoms with Gasteiger partial charge in [-0.3, -0.25) is 9.69 Å². The topological polar surface area (TPSA) is 87.0 Å². The smallest absolute Gasteiger partial charge is 0.251 e. The summed E-state index contributed by atoms with van der Waals surface area (Å²) >= 11 is 0. The van der Waals surface area contributed by atoms with Gasteiger partial charge >= 0.3 is 0 Å². The number of furan rings is 1. The van der Waals surface area contributed by atoms with Crippen molar-refractivity contribution in [2.24, 2.45) is 0 Å². The molecular formula is C22H27N5O2. The Labute approximate surface area is 170 Å². The number of hydrogen-bond donors (Lipinski definition) is 2. The maximum Gasteiger partial charge on any atom is 0.251 e. The van der Waals surface area contributed by atoms with Gasteiger partial charge in [-0.1, -0.05) is 6.92 Å². The molecule has 3 aromatic heterocycles. The zero-order valence-corrected chi connectivity index (χ0v) is 16.9.